The third-order valence-electron chi connectivity index (χ3n) is 2.68. The van der Waals surface area contributed by atoms with Gasteiger partial charge in [0.05, 0.1) is 4.88 Å². The van der Waals surface area contributed by atoms with Gasteiger partial charge in [-0.05, 0) is 22.9 Å². The molecular formula is C14H15NOS. The Hall–Kier alpha value is -1.61. The Morgan fingerprint density at radius 1 is 1.24 bits per heavy atom. The summed E-state index contributed by atoms with van der Waals surface area (Å²) < 4.78 is 0. The first-order valence-electron chi connectivity index (χ1n) is 5.64. The second kappa shape index (κ2) is 5.64. The summed E-state index contributed by atoms with van der Waals surface area (Å²) in [6.07, 6.45) is 0. The Morgan fingerprint density at radius 2 is 2.00 bits per heavy atom. The fourth-order valence-electron chi connectivity index (χ4n) is 1.64. The molecule has 0 saturated carbocycles. The number of hydrogen-bond acceptors (Lipinski definition) is 2. The Kier molecular flexibility index (Phi) is 3.94. The predicted octanol–water partition coefficient (Wildman–Crippen LogP) is 3.28. The molecule has 0 aliphatic carbocycles. The van der Waals surface area contributed by atoms with E-state index in [0.29, 0.717) is 12.5 Å². The maximum atomic E-state index is 11.7. The van der Waals surface area contributed by atoms with Gasteiger partial charge in [0.15, 0.2) is 0 Å². The molecule has 2 nitrogen and oxygen atoms in total. The van der Waals surface area contributed by atoms with Crippen LogP contribution in [0.1, 0.15) is 28.1 Å². The van der Waals surface area contributed by atoms with E-state index in [1.165, 1.54) is 16.9 Å². The van der Waals surface area contributed by atoms with Crippen molar-refractivity contribution in [3.05, 3.63) is 58.3 Å². The molecular weight excluding hydrogens is 230 g/mol. The van der Waals surface area contributed by atoms with E-state index in [0.717, 1.165) is 4.88 Å². The summed E-state index contributed by atoms with van der Waals surface area (Å²) in [5.41, 5.74) is 1.25. The van der Waals surface area contributed by atoms with Gasteiger partial charge in [-0.2, -0.15) is 0 Å². The first-order chi connectivity index (χ1) is 8.27. The van der Waals surface area contributed by atoms with Gasteiger partial charge in [-0.15, -0.1) is 11.3 Å². The molecule has 2 rings (SSSR count). The average molecular weight is 245 g/mol. The molecule has 0 bridgehead atoms. The summed E-state index contributed by atoms with van der Waals surface area (Å²) in [6.45, 7) is 2.78. The van der Waals surface area contributed by atoms with Crippen LogP contribution < -0.4 is 5.32 Å². The van der Waals surface area contributed by atoms with Crippen molar-refractivity contribution in [3.8, 4) is 0 Å². The number of carbonyl (C=O) groups excluding carboxylic acids is 1. The fourth-order valence-corrected chi connectivity index (χ4v) is 2.28. The molecule has 1 aromatic carbocycles. The van der Waals surface area contributed by atoms with Crippen LogP contribution in [0.25, 0.3) is 0 Å². The Labute approximate surface area is 105 Å². The van der Waals surface area contributed by atoms with Crippen molar-refractivity contribution in [1.82, 2.24) is 5.32 Å². The number of rotatable bonds is 4. The van der Waals surface area contributed by atoms with Crippen LogP contribution in [0.15, 0.2) is 47.8 Å². The molecule has 3 heteroatoms. The van der Waals surface area contributed by atoms with E-state index in [-0.39, 0.29) is 5.91 Å². The van der Waals surface area contributed by atoms with E-state index in [9.17, 15) is 4.79 Å². The lowest BCUT2D eigenvalue weighted by Crippen LogP contribution is -2.26. The number of nitrogens with one attached hydrogen (secondary N) is 1. The third kappa shape index (κ3) is 3.17. The molecule has 1 heterocycles. The van der Waals surface area contributed by atoms with Crippen LogP contribution in [0, 0.1) is 0 Å². The third-order valence-corrected chi connectivity index (χ3v) is 3.55. The molecule has 1 N–H and O–H groups in total. The lowest BCUT2D eigenvalue weighted by atomic mass is 10.0. The van der Waals surface area contributed by atoms with Gasteiger partial charge < -0.3 is 5.32 Å². The molecule has 88 valence electrons. The lowest BCUT2D eigenvalue weighted by molar-refractivity contribution is 0.0955. The highest BCUT2D eigenvalue weighted by molar-refractivity contribution is 7.12. The van der Waals surface area contributed by atoms with E-state index in [1.807, 2.05) is 35.7 Å². The summed E-state index contributed by atoms with van der Waals surface area (Å²) in [7, 11) is 0. The maximum Gasteiger partial charge on any atom is 0.261 e. The van der Waals surface area contributed by atoms with Crippen molar-refractivity contribution in [2.75, 3.05) is 6.54 Å². The van der Waals surface area contributed by atoms with Gasteiger partial charge in [0.25, 0.3) is 5.91 Å². The number of carbonyl (C=O) groups is 1. The van der Waals surface area contributed by atoms with E-state index in [1.54, 1.807) is 0 Å². The van der Waals surface area contributed by atoms with Crippen LogP contribution in [0.4, 0.5) is 0 Å². The summed E-state index contributed by atoms with van der Waals surface area (Å²) in [4.78, 5) is 12.5. The summed E-state index contributed by atoms with van der Waals surface area (Å²) in [5, 5.41) is 4.87. The highest BCUT2D eigenvalue weighted by Gasteiger charge is 2.09. The van der Waals surface area contributed by atoms with Crippen molar-refractivity contribution in [2.45, 2.75) is 12.8 Å². The van der Waals surface area contributed by atoms with E-state index in [2.05, 4.69) is 24.4 Å². The van der Waals surface area contributed by atoms with Crippen LogP contribution in [0.5, 0.6) is 0 Å². The summed E-state index contributed by atoms with van der Waals surface area (Å²) in [6, 6.07) is 13.9. The van der Waals surface area contributed by atoms with E-state index in [4.69, 9.17) is 0 Å². The van der Waals surface area contributed by atoms with Crippen molar-refractivity contribution in [1.29, 1.82) is 0 Å². The van der Waals surface area contributed by atoms with Gasteiger partial charge in [-0.1, -0.05) is 43.3 Å². The Morgan fingerprint density at radius 3 is 2.65 bits per heavy atom. The quantitative estimate of drug-likeness (QED) is 0.880. The van der Waals surface area contributed by atoms with E-state index < -0.39 is 0 Å². The van der Waals surface area contributed by atoms with Gasteiger partial charge in [-0.3, -0.25) is 4.79 Å². The van der Waals surface area contributed by atoms with E-state index >= 15 is 0 Å². The van der Waals surface area contributed by atoms with Gasteiger partial charge in [0, 0.05) is 6.54 Å². The van der Waals surface area contributed by atoms with Crippen molar-refractivity contribution in [2.24, 2.45) is 0 Å². The van der Waals surface area contributed by atoms with Crippen molar-refractivity contribution >= 4 is 17.2 Å². The minimum atomic E-state index is 0.0165. The number of hydrogen-bond donors (Lipinski definition) is 1. The summed E-state index contributed by atoms with van der Waals surface area (Å²) in [5.74, 6) is 0.350. The second-order valence-corrected chi connectivity index (χ2v) is 4.95. The van der Waals surface area contributed by atoms with Crippen LogP contribution in [0.2, 0.25) is 0 Å². The average Bonchev–Trinajstić information content (AvgIpc) is 2.90. The zero-order valence-electron chi connectivity index (χ0n) is 9.72. The Bertz CT molecular complexity index is 464. The molecule has 2 aromatic rings. The van der Waals surface area contributed by atoms with Crippen LogP contribution in [0.3, 0.4) is 0 Å². The molecule has 0 aliphatic heterocycles. The highest BCUT2D eigenvalue weighted by atomic mass is 32.1. The van der Waals surface area contributed by atoms with Crippen LogP contribution in [-0.2, 0) is 0 Å². The monoisotopic (exact) mass is 245 g/mol. The van der Waals surface area contributed by atoms with Gasteiger partial charge in [0.1, 0.15) is 0 Å². The minimum Gasteiger partial charge on any atom is -0.351 e. The highest BCUT2D eigenvalue weighted by Crippen LogP contribution is 2.14. The Balaban J connectivity index is 1.89. The van der Waals surface area contributed by atoms with Gasteiger partial charge in [0.2, 0.25) is 0 Å². The molecule has 1 aromatic heterocycles. The molecule has 17 heavy (non-hydrogen) atoms. The fraction of sp³-hybridized carbons (Fsp3) is 0.214. The first-order valence-corrected chi connectivity index (χ1v) is 6.52. The minimum absolute atomic E-state index is 0.0165. The molecule has 1 unspecified atom stereocenters. The van der Waals surface area contributed by atoms with Crippen molar-refractivity contribution < 1.29 is 4.79 Å². The smallest absolute Gasteiger partial charge is 0.261 e. The SMILES string of the molecule is CC(CNC(=O)c1cccs1)c1ccccc1. The largest absolute Gasteiger partial charge is 0.351 e. The molecule has 1 atom stereocenters. The number of thiophene rings is 1. The normalized spacial score (nSPS) is 12.1. The zero-order valence-corrected chi connectivity index (χ0v) is 10.5. The molecule has 0 radical (unpaired) electrons. The van der Waals surface area contributed by atoms with Gasteiger partial charge >= 0.3 is 0 Å². The standard InChI is InChI=1S/C14H15NOS/c1-11(12-6-3-2-4-7-12)10-15-14(16)13-8-5-9-17-13/h2-9,11H,10H2,1H3,(H,15,16). The number of benzene rings is 1. The zero-order chi connectivity index (χ0) is 12.1. The molecule has 0 fully saturated rings. The molecule has 0 aliphatic rings. The van der Waals surface area contributed by atoms with Crippen LogP contribution in [-0.4, -0.2) is 12.5 Å². The van der Waals surface area contributed by atoms with Gasteiger partial charge in [-0.25, -0.2) is 0 Å². The number of amides is 1. The second-order valence-electron chi connectivity index (χ2n) is 4.00. The molecule has 1 amide bonds. The topological polar surface area (TPSA) is 29.1 Å². The van der Waals surface area contributed by atoms with Crippen LogP contribution >= 0.6 is 11.3 Å². The predicted molar refractivity (Wildman–Crippen MR) is 71.5 cm³/mol. The van der Waals surface area contributed by atoms with Crippen molar-refractivity contribution in [3.63, 3.8) is 0 Å². The molecule has 0 saturated heterocycles. The first kappa shape index (κ1) is 11.9. The maximum absolute atomic E-state index is 11.7. The summed E-state index contributed by atoms with van der Waals surface area (Å²) >= 11 is 1.47. The molecule has 0 spiro atoms. The lowest BCUT2D eigenvalue weighted by Gasteiger charge is -2.12.